The number of hydrogen-bond acceptors (Lipinski definition) is 2. The number of halogens is 2. The van der Waals surface area contributed by atoms with Crippen LogP contribution in [0.1, 0.15) is 37.8 Å². The molecule has 0 fully saturated rings. The minimum absolute atomic E-state index is 0.0550. The number of ether oxygens (including phenoxy) is 1. The highest BCUT2D eigenvalue weighted by Gasteiger charge is 2.16. The first-order chi connectivity index (χ1) is 7.06. The van der Waals surface area contributed by atoms with Crippen LogP contribution in [0.4, 0.5) is 8.78 Å². The molecule has 0 aliphatic rings. The molecule has 0 unspecified atom stereocenters. The van der Waals surface area contributed by atoms with Crippen LogP contribution in [-0.4, -0.2) is 11.6 Å². The third kappa shape index (κ3) is 2.88. The molecule has 0 atom stereocenters. The molecule has 84 valence electrons. The van der Waals surface area contributed by atoms with Crippen molar-refractivity contribution in [3.05, 3.63) is 23.4 Å². The number of hydrogen-bond donors (Lipinski definition) is 0. The second-order valence-corrected chi connectivity index (χ2v) is 3.58. The Kier molecular flexibility index (Phi) is 4.00. The zero-order chi connectivity index (χ0) is 11.4. The van der Waals surface area contributed by atoms with Gasteiger partial charge in [0.2, 0.25) is 5.88 Å². The SMILES string of the molecule is CCc1ccnc(OC(F)F)c1C(C)C. The Labute approximate surface area is 88.3 Å². The summed E-state index contributed by atoms with van der Waals surface area (Å²) in [5, 5.41) is 0. The predicted molar refractivity (Wildman–Crippen MR) is 54.3 cm³/mol. The van der Waals surface area contributed by atoms with E-state index in [0.717, 1.165) is 17.5 Å². The summed E-state index contributed by atoms with van der Waals surface area (Å²) in [5.74, 6) is 0.182. The van der Waals surface area contributed by atoms with Gasteiger partial charge in [0.05, 0.1) is 0 Å². The van der Waals surface area contributed by atoms with Gasteiger partial charge in [-0.25, -0.2) is 4.98 Å². The first kappa shape index (κ1) is 11.9. The molecule has 4 heteroatoms. The van der Waals surface area contributed by atoms with Crippen LogP contribution >= 0.6 is 0 Å². The maximum atomic E-state index is 12.1. The van der Waals surface area contributed by atoms with Gasteiger partial charge < -0.3 is 4.74 Å². The van der Waals surface area contributed by atoms with Crippen molar-refractivity contribution in [2.75, 3.05) is 0 Å². The van der Waals surface area contributed by atoms with E-state index in [9.17, 15) is 8.78 Å². The van der Waals surface area contributed by atoms with Crippen molar-refractivity contribution in [2.45, 2.75) is 39.7 Å². The summed E-state index contributed by atoms with van der Waals surface area (Å²) >= 11 is 0. The zero-order valence-corrected chi connectivity index (χ0v) is 9.13. The topological polar surface area (TPSA) is 22.1 Å². The van der Waals surface area contributed by atoms with Crippen LogP contribution in [0.2, 0.25) is 0 Å². The monoisotopic (exact) mass is 215 g/mol. The van der Waals surface area contributed by atoms with E-state index in [4.69, 9.17) is 0 Å². The maximum absolute atomic E-state index is 12.1. The fourth-order valence-electron chi connectivity index (χ4n) is 1.60. The molecule has 1 heterocycles. The smallest absolute Gasteiger partial charge is 0.388 e. The molecule has 0 aromatic carbocycles. The summed E-state index contributed by atoms with van der Waals surface area (Å²) in [7, 11) is 0. The standard InChI is InChI=1S/C11H15F2NO/c1-4-8-5-6-14-10(15-11(12)13)9(8)7(2)3/h5-7,11H,4H2,1-3H3. The van der Waals surface area contributed by atoms with Gasteiger partial charge in [0.1, 0.15) is 0 Å². The van der Waals surface area contributed by atoms with E-state index in [0.29, 0.717) is 0 Å². The van der Waals surface area contributed by atoms with Crippen molar-refractivity contribution in [2.24, 2.45) is 0 Å². The molecule has 0 aliphatic heterocycles. The lowest BCUT2D eigenvalue weighted by atomic mass is 9.97. The van der Waals surface area contributed by atoms with Crippen molar-refractivity contribution in [1.29, 1.82) is 0 Å². The fourth-order valence-corrected chi connectivity index (χ4v) is 1.60. The van der Waals surface area contributed by atoms with Crippen LogP contribution in [-0.2, 0) is 6.42 Å². The molecule has 0 N–H and O–H groups in total. The predicted octanol–water partition coefficient (Wildman–Crippen LogP) is 3.37. The fraction of sp³-hybridized carbons (Fsp3) is 0.545. The zero-order valence-electron chi connectivity index (χ0n) is 9.13. The van der Waals surface area contributed by atoms with Gasteiger partial charge in [-0.3, -0.25) is 0 Å². The summed E-state index contributed by atoms with van der Waals surface area (Å²) < 4.78 is 28.7. The van der Waals surface area contributed by atoms with Gasteiger partial charge in [0, 0.05) is 11.8 Å². The molecular formula is C11H15F2NO. The highest BCUT2D eigenvalue weighted by Crippen LogP contribution is 2.29. The molecule has 1 aromatic heterocycles. The van der Waals surface area contributed by atoms with Gasteiger partial charge >= 0.3 is 6.61 Å². The Morgan fingerprint density at radius 2 is 2.07 bits per heavy atom. The van der Waals surface area contributed by atoms with Gasteiger partial charge in [-0.2, -0.15) is 8.78 Å². The average molecular weight is 215 g/mol. The average Bonchev–Trinajstić information content (AvgIpc) is 2.15. The molecule has 2 nitrogen and oxygen atoms in total. The number of alkyl halides is 2. The highest BCUT2D eigenvalue weighted by molar-refractivity contribution is 5.37. The maximum Gasteiger partial charge on any atom is 0.388 e. The summed E-state index contributed by atoms with van der Waals surface area (Å²) in [6.07, 6.45) is 2.29. The Bertz CT molecular complexity index is 326. The van der Waals surface area contributed by atoms with Gasteiger partial charge in [-0.15, -0.1) is 0 Å². The van der Waals surface area contributed by atoms with Crippen LogP contribution < -0.4 is 4.74 Å². The van der Waals surface area contributed by atoms with E-state index in [1.165, 1.54) is 6.20 Å². The van der Waals surface area contributed by atoms with Crippen LogP contribution in [0.5, 0.6) is 5.88 Å². The molecule has 0 amide bonds. The quantitative estimate of drug-likeness (QED) is 0.768. The molecule has 0 spiro atoms. The van der Waals surface area contributed by atoms with E-state index in [-0.39, 0.29) is 11.8 Å². The third-order valence-corrected chi connectivity index (χ3v) is 2.20. The largest absolute Gasteiger partial charge is 0.417 e. The molecule has 0 saturated carbocycles. The van der Waals surface area contributed by atoms with Gasteiger partial charge in [-0.1, -0.05) is 20.8 Å². The second kappa shape index (κ2) is 5.05. The number of nitrogens with zero attached hydrogens (tertiary/aromatic N) is 1. The third-order valence-electron chi connectivity index (χ3n) is 2.20. The Morgan fingerprint density at radius 1 is 1.40 bits per heavy atom. The van der Waals surface area contributed by atoms with E-state index >= 15 is 0 Å². The molecule has 0 aliphatic carbocycles. The molecule has 1 aromatic rings. The Hall–Kier alpha value is -1.19. The number of rotatable bonds is 4. The van der Waals surface area contributed by atoms with E-state index in [1.807, 2.05) is 26.8 Å². The molecular weight excluding hydrogens is 200 g/mol. The summed E-state index contributed by atoms with van der Waals surface area (Å²) in [5.41, 5.74) is 1.79. The van der Waals surface area contributed by atoms with Crippen LogP contribution in [0.3, 0.4) is 0 Å². The Morgan fingerprint density at radius 3 is 2.53 bits per heavy atom. The van der Waals surface area contributed by atoms with E-state index in [2.05, 4.69) is 9.72 Å². The summed E-state index contributed by atoms with van der Waals surface area (Å²) in [6, 6.07) is 1.84. The minimum Gasteiger partial charge on any atom is -0.417 e. The van der Waals surface area contributed by atoms with Crippen molar-refractivity contribution in [3.8, 4) is 5.88 Å². The lowest BCUT2D eigenvalue weighted by molar-refractivity contribution is -0.0536. The molecule has 1 rings (SSSR count). The lowest BCUT2D eigenvalue weighted by Crippen LogP contribution is -2.08. The minimum atomic E-state index is -2.82. The normalized spacial score (nSPS) is 11.1. The van der Waals surface area contributed by atoms with Crippen LogP contribution in [0, 0.1) is 0 Å². The Balaban J connectivity index is 3.13. The van der Waals surface area contributed by atoms with E-state index in [1.54, 1.807) is 0 Å². The molecule has 0 saturated heterocycles. The van der Waals surface area contributed by atoms with E-state index < -0.39 is 6.61 Å². The van der Waals surface area contributed by atoms with Gasteiger partial charge in [-0.05, 0) is 24.0 Å². The first-order valence-corrected chi connectivity index (χ1v) is 4.98. The van der Waals surface area contributed by atoms with Crippen molar-refractivity contribution >= 4 is 0 Å². The van der Waals surface area contributed by atoms with Crippen molar-refractivity contribution in [1.82, 2.24) is 4.98 Å². The van der Waals surface area contributed by atoms with Gasteiger partial charge in [0.25, 0.3) is 0 Å². The van der Waals surface area contributed by atoms with Crippen molar-refractivity contribution in [3.63, 3.8) is 0 Å². The van der Waals surface area contributed by atoms with Gasteiger partial charge in [0.15, 0.2) is 0 Å². The number of aryl methyl sites for hydroxylation is 1. The highest BCUT2D eigenvalue weighted by atomic mass is 19.3. The lowest BCUT2D eigenvalue weighted by Gasteiger charge is -2.15. The second-order valence-electron chi connectivity index (χ2n) is 3.58. The first-order valence-electron chi connectivity index (χ1n) is 4.98. The summed E-state index contributed by atoms with van der Waals surface area (Å²) in [6.45, 7) is 3.04. The number of aromatic nitrogens is 1. The number of pyridine rings is 1. The molecule has 0 radical (unpaired) electrons. The summed E-state index contributed by atoms with van der Waals surface area (Å²) in [4.78, 5) is 3.85. The molecule has 15 heavy (non-hydrogen) atoms. The van der Waals surface area contributed by atoms with Crippen molar-refractivity contribution < 1.29 is 13.5 Å². The van der Waals surface area contributed by atoms with Crippen LogP contribution in [0.15, 0.2) is 12.3 Å². The molecule has 0 bridgehead atoms. The van der Waals surface area contributed by atoms with Crippen LogP contribution in [0.25, 0.3) is 0 Å².